The molecule has 2 heterocycles. The monoisotopic (exact) mass is 511 g/mol. The SMILES string of the molecule is NC(=O)N(C1c2c(cccc2-c2ccccc2)C=C(c2ccccc2N)N1Cc1ccccn1)[SH](=O)=O. The van der Waals surface area contributed by atoms with Crippen LogP contribution in [0.2, 0.25) is 0 Å². The Kier molecular flexibility index (Phi) is 6.61. The molecule has 0 saturated heterocycles. The van der Waals surface area contributed by atoms with Gasteiger partial charge in [-0.05, 0) is 41.0 Å². The zero-order valence-electron chi connectivity index (χ0n) is 19.8. The van der Waals surface area contributed by atoms with Gasteiger partial charge in [-0.1, -0.05) is 72.8 Å². The predicted octanol–water partition coefficient (Wildman–Crippen LogP) is 4.25. The zero-order valence-corrected chi connectivity index (χ0v) is 20.7. The van der Waals surface area contributed by atoms with Crippen molar-refractivity contribution in [1.29, 1.82) is 0 Å². The number of carbonyl (C=O) groups excluding carboxylic acids is 1. The highest BCUT2D eigenvalue weighted by molar-refractivity contribution is 7.70. The molecule has 1 unspecified atom stereocenters. The van der Waals surface area contributed by atoms with Gasteiger partial charge in [0.25, 0.3) is 0 Å². The van der Waals surface area contributed by atoms with Gasteiger partial charge in [0.1, 0.15) is 6.17 Å². The molecule has 0 spiro atoms. The topological polar surface area (TPSA) is 123 Å². The quantitative estimate of drug-likeness (QED) is 0.263. The van der Waals surface area contributed by atoms with Gasteiger partial charge < -0.3 is 16.4 Å². The van der Waals surface area contributed by atoms with E-state index in [0.29, 0.717) is 32.5 Å². The number of thiol groups is 1. The molecule has 0 aliphatic carbocycles. The van der Waals surface area contributed by atoms with Gasteiger partial charge in [-0.3, -0.25) is 4.98 Å². The summed E-state index contributed by atoms with van der Waals surface area (Å²) in [5.74, 6) is 0. The Morgan fingerprint density at radius 1 is 0.892 bits per heavy atom. The lowest BCUT2D eigenvalue weighted by atomic mass is 9.88. The molecule has 0 fully saturated rings. The molecule has 2 amide bonds. The van der Waals surface area contributed by atoms with E-state index in [4.69, 9.17) is 11.5 Å². The standard InChI is InChI=1S/C28H25N5O3S/c29-24-15-5-4-13-23(24)25-17-20-11-8-14-22(19-9-2-1-3-10-19)26(20)27(33(28(30)34)37(35)36)32(25)18-21-12-6-7-16-31-21/h1-17,27,37H,18,29H2,(H2,30,34). The fraction of sp³-hybridized carbons (Fsp3) is 0.0714. The molecule has 1 aliphatic rings. The van der Waals surface area contributed by atoms with Crippen LogP contribution >= 0.6 is 0 Å². The Bertz CT molecular complexity index is 1550. The highest BCUT2D eigenvalue weighted by Gasteiger charge is 2.39. The summed E-state index contributed by atoms with van der Waals surface area (Å²) in [5.41, 5.74) is 17.7. The van der Waals surface area contributed by atoms with Gasteiger partial charge in [0.2, 0.25) is 10.9 Å². The minimum atomic E-state index is -3.39. The first kappa shape index (κ1) is 24.1. The second-order valence-corrected chi connectivity index (χ2v) is 9.44. The van der Waals surface area contributed by atoms with Crippen LogP contribution in [0, 0.1) is 0 Å². The van der Waals surface area contributed by atoms with Crippen molar-refractivity contribution in [2.45, 2.75) is 12.7 Å². The number of para-hydroxylation sites is 1. The molecule has 4 aromatic rings. The summed E-state index contributed by atoms with van der Waals surface area (Å²) in [6, 6.07) is 27.0. The number of aromatic nitrogens is 1. The second-order valence-electron chi connectivity index (χ2n) is 8.53. The number of urea groups is 1. The first-order valence-electron chi connectivity index (χ1n) is 11.6. The number of primary amides is 1. The van der Waals surface area contributed by atoms with Crippen LogP contribution in [-0.4, -0.2) is 28.6 Å². The van der Waals surface area contributed by atoms with Gasteiger partial charge in [0, 0.05) is 28.7 Å². The molecule has 4 N–H and O–H groups in total. The summed E-state index contributed by atoms with van der Waals surface area (Å²) in [6.07, 6.45) is 2.55. The third-order valence-corrected chi connectivity index (χ3v) is 7.08. The molecule has 1 aromatic heterocycles. The second kappa shape index (κ2) is 10.2. The lowest BCUT2D eigenvalue weighted by Crippen LogP contribution is -2.47. The minimum Gasteiger partial charge on any atom is -0.398 e. The lowest BCUT2D eigenvalue weighted by molar-refractivity contribution is 0.161. The fourth-order valence-corrected chi connectivity index (χ4v) is 5.31. The summed E-state index contributed by atoms with van der Waals surface area (Å²) in [5, 5.41) is 0. The molecule has 37 heavy (non-hydrogen) atoms. The normalized spacial score (nSPS) is 14.7. The smallest absolute Gasteiger partial charge is 0.330 e. The Morgan fingerprint density at radius 2 is 1.59 bits per heavy atom. The molecule has 3 aromatic carbocycles. The first-order chi connectivity index (χ1) is 18.0. The summed E-state index contributed by atoms with van der Waals surface area (Å²) in [7, 11) is -3.39. The molecule has 1 atom stereocenters. The average molecular weight is 512 g/mol. The van der Waals surface area contributed by atoms with Gasteiger partial charge in [-0.25, -0.2) is 13.2 Å². The van der Waals surface area contributed by atoms with Crippen molar-refractivity contribution in [3.05, 3.63) is 120 Å². The van der Waals surface area contributed by atoms with Crippen molar-refractivity contribution in [3.63, 3.8) is 0 Å². The molecular weight excluding hydrogens is 486 g/mol. The van der Waals surface area contributed by atoms with E-state index in [1.165, 1.54) is 0 Å². The van der Waals surface area contributed by atoms with E-state index in [9.17, 15) is 13.2 Å². The lowest BCUT2D eigenvalue weighted by Gasteiger charge is -2.43. The van der Waals surface area contributed by atoms with Crippen LogP contribution < -0.4 is 11.5 Å². The molecule has 8 nitrogen and oxygen atoms in total. The number of carbonyl (C=O) groups is 1. The van der Waals surface area contributed by atoms with Crippen LogP contribution in [0.3, 0.4) is 0 Å². The molecule has 0 saturated carbocycles. The number of benzene rings is 3. The summed E-state index contributed by atoms with van der Waals surface area (Å²) in [4.78, 5) is 19.0. The number of amides is 2. The Hall–Kier alpha value is -4.63. The maximum atomic E-state index is 12.7. The van der Waals surface area contributed by atoms with Crippen LogP contribution in [0.15, 0.2) is 97.2 Å². The summed E-state index contributed by atoms with van der Waals surface area (Å²) < 4.78 is 25.9. The van der Waals surface area contributed by atoms with Crippen molar-refractivity contribution in [3.8, 4) is 11.1 Å². The molecule has 0 bridgehead atoms. The van der Waals surface area contributed by atoms with Crippen molar-refractivity contribution in [2.24, 2.45) is 5.73 Å². The largest absolute Gasteiger partial charge is 0.398 e. The summed E-state index contributed by atoms with van der Waals surface area (Å²) in [6.45, 7) is 0.196. The fourth-order valence-electron chi connectivity index (χ4n) is 4.73. The summed E-state index contributed by atoms with van der Waals surface area (Å²) >= 11 is 0. The first-order valence-corrected chi connectivity index (χ1v) is 12.7. The number of pyridine rings is 1. The predicted molar refractivity (Wildman–Crippen MR) is 145 cm³/mol. The van der Waals surface area contributed by atoms with E-state index in [2.05, 4.69) is 4.98 Å². The van der Waals surface area contributed by atoms with Crippen molar-refractivity contribution in [1.82, 2.24) is 14.2 Å². The van der Waals surface area contributed by atoms with Crippen LogP contribution in [0.4, 0.5) is 10.5 Å². The van der Waals surface area contributed by atoms with Gasteiger partial charge in [-0.2, -0.15) is 4.31 Å². The van der Waals surface area contributed by atoms with Crippen molar-refractivity contribution >= 4 is 34.4 Å². The van der Waals surface area contributed by atoms with Crippen molar-refractivity contribution in [2.75, 3.05) is 5.73 Å². The van der Waals surface area contributed by atoms with Crippen LogP contribution in [-0.2, 0) is 17.4 Å². The number of anilines is 1. The van der Waals surface area contributed by atoms with Gasteiger partial charge in [0.15, 0.2) is 0 Å². The van der Waals surface area contributed by atoms with Crippen LogP contribution in [0.1, 0.15) is 28.6 Å². The maximum Gasteiger partial charge on any atom is 0.330 e. The molecule has 9 heteroatoms. The third kappa shape index (κ3) is 4.64. The van der Waals surface area contributed by atoms with E-state index < -0.39 is 23.1 Å². The number of hydrogen-bond acceptors (Lipinski definition) is 6. The number of hydrogen-bond donors (Lipinski definition) is 3. The van der Waals surface area contributed by atoms with E-state index in [-0.39, 0.29) is 6.54 Å². The van der Waals surface area contributed by atoms with Gasteiger partial charge >= 0.3 is 6.03 Å². The van der Waals surface area contributed by atoms with Gasteiger partial charge in [-0.15, -0.1) is 0 Å². The van der Waals surface area contributed by atoms with Crippen LogP contribution in [0.25, 0.3) is 22.9 Å². The number of nitrogen functional groups attached to an aromatic ring is 1. The average Bonchev–Trinajstić information content (AvgIpc) is 2.90. The van der Waals surface area contributed by atoms with E-state index in [0.717, 1.165) is 16.7 Å². The third-order valence-electron chi connectivity index (χ3n) is 6.31. The Morgan fingerprint density at radius 3 is 2.27 bits per heavy atom. The number of rotatable bonds is 6. The van der Waals surface area contributed by atoms with Crippen molar-refractivity contribution < 1.29 is 13.2 Å². The molecule has 5 rings (SSSR count). The maximum absolute atomic E-state index is 12.7. The van der Waals surface area contributed by atoms with E-state index >= 15 is 0 Å². The minimum absolute atomic E-state index is 0.196. The molecule has 0 radical (unpaired) electrons. The Balaban J connectivity index is 1.84. The molecule has 1 aliphatic heterocycles. The molecular formula is C28H25N5O3S. The number of nitrogens with zero attached hydrogens (tertiary/aromatic N) is 3. The van der Waals surface area contributed by atoms with Gasteiger partial charge in [0.05, 0.1) is 12.2 Å². The highest BCUT2D eigenvalue weighted by atomic mass is 32.2. The number of nitrogens with two attached hydrogens (primary N) is 2. The van der Waals surface area contributed by atoms with Crippen LogP contribution in [0.5, 0.6) is 0 Å². The Labute approximate surface area is 216 Å². The van der Waals surface area contributed by atoms with E-state index in [1.54, 1.807) is 18.3 Å². The highest BCUT2D eigenvalue weighted by Crippen LogP contribution is 2.46. The molecule has 186 valence electrons. The van der Waals surface area contributed by atoms with E-state index in [1.807, 2.05) is 89.8 Å². The number of fused-ring (bicyclic) bond motifs is 1. The zero-order chi connectivity index (χ0) is 25.9.